The molecule has 0 aromatic carbocycles. The molecule has 38 heavy (non-hydrogen) atoms. The average molecular weight is 598 g/mol. The van der Waals surface area contributed by atoms with E-state index >= 15 is 0 Å². The molecule has 0 amide bonds. The fourth-order valence-electron chi connectivity index (χ4n) is 4.90. The van der Waals surface area contributed by atoms with Gasteiger partial charge in [-0.25, -0.2) is 49.1 Å². The van der Waals surface area contributed by atoms with Gasteiger partial charge in [-0.2, -0.15) is 35.1 Å². The molecule has 0 spiro atoms. The van der Waals surface area contributed by atoms with E-state index < -0.39 is 88.2 Å². The Morgan fingerprint density at radius 1 is 0.632 bits per heavy atom. The highest BCUT2D eigenvalue weighted by molar-refractivity contribution is 5.88. The standard InChI is InChI=1S/C17H7F17O4/c1-4(2)6(36)37-3-5(35)38-17(33,34)7-11(21,22)8(18)14(27,28)9(19,12(7,23)24)16(31,32)10(20,13(7,25)26)15(8,29)30/h1,3H2,2H3. The number of rotatable bonds is 5. The molecule has 4 aliphatic carbocycles. The van der Waals surface area contributed by atoms with Crippen LogP contribution in [-0.4, -0.2) is 77.2 Å². The van der Waals surface area contributed by atoms with E-state index in [9.17, 15) is 84.2 Å². The summed E-state index contributed by atoms with van der Waals surface area (Å²) >= 11 is 0. The molecule has 0 aromatic rings. The highest BCUT2D eigenvalue weighted by atomic mass is 19.4. The summed E-state index contributed by atoms with van der Waals surface area (Å²) in [6.07, 6.45) is -7.84. The van der Waals surface area contributed by atoms with Crippen molar-refractivity contribution >= 4 is 11.9 Å². The summed E-state index contributed by atoms with van der Waals surface area (Å²) in [4.78, 5) is 22.6. The number of alkyl halides is 17. The summed E-state index contributed by atoms with van der Waals surface area (Å²) in [6.45, 7) is 1.28. The second kappa shape index (κ2) is 6.79. The molecule has 0 aromatic heterocycles. The predicted octanol–water partition coefficient (Wildman–Crippen LogP) is 5.21. The Morgan fingerprint density at radius 3 is 1.18 bits per heavy atom. The Balaban J connectivity index is 2.45. The van der Waals surface area contributed by atoms with Crippen LogP contribution in [0.2, 0.25) is 0 Å². The third-order valence-corrected chi connectivity index (χ3v) is 6.65. The van der Waals surface area contributed by atoms with E-state index in [2.05, 4.69) is 16.1 Å². The molecule has 4 rings (SSSR count). The highest BCUT2D eigenvalue weighted by Crippen LogP contribution is 2.92. The van der Waals surface area contributed by atoms with Crippen molar-refractivity contribution in [3.63, 3.8) is 0 Å². The van der Waals surface area contributed by atoms with Crippen LogP contribution in [0.5, 0.6) is 0 Å². The van der Waals surface area contributed by atoms with Gasteiger partial charge in [-0.15, -0.1) is 0 Å². The first-order chi connectivity index (χ1) is 16.5. The third-order valence-electron chi connectivity index (χ3n) is 6.65. The monoisotopic (exact) mass is 598 g/mol. The highest BCUT2D eigenvalue weighted by Gasteiger charge is 3.25. The third kappa shape index (κ3) is 2.14. The minimum Gasteiger partial charge on any atom is -0.450 e. The molecule has 0 aliphatic heterocycles. The van der Waals surface area contributed by atoms with Crippen molar-refractivity contribution in [2.45, 2.75) is 65.6 Å². The van der Waals surface area contributed by atoms with Crippen LogP contribution in [0.3, 0.4) is 0 Å². The molecule has 4 nitrogen and oxygen atoms in total. The van der Waals surface area contributed by atoms with Crippen molar-refractivity contribution in [1.29, 1.82) is 0 Å². The molecule has 0 unspecified atom stereocenters. The quantitative estimate of drug-likeness (QED) is 0.248. The predicted molar refractivity (Wildman–Crippen MR) is 80.4 cm³/mol. The molecule has 0 heterocycles. The van der Waals surface area contributed by atoms with Gasteiger partial charge in [-0.1, -0.05) is 6.58 Å². The number of ether oxygens (including phenoxy) is 2. The van der Waals surface area contributed by atoms with Crippen LogP contribution in [0.4, 0.5) is 74.6 Å². The first-order valence-corrected chi connectivity index (χ1v) is 9.23. The largest absolute Gasteiger partial charge is 0.450 e. The van der Waals surface area contributed by atoms with Crippen LogP contribution >= 0.6 is 0 Å². The Bertz CT molecular complexity index is 1010. The van der Waals surface area contributed by atoms with Gasteiger partial charge in [0, 0.05) is 5.57 Å². The van der Waals surface area contributed by atoms with Crippen molar-refractivity contribution in [1.82, 2.24) is 0 Å². The molecule has 0 radical (unpaired) electrons. The minimum absolute atomic E-state index is 0.681. The SMILES string of the molecule is C=C(C)C(=O)OCC(=O)OC(F)(F)C12C(F)(F)C3(F)C(F)(F)C(F)(C(F)(F)C(F)(C3(F)F)C1(F)F)C2(F)F. The first-order valence-electron chi connectivity index (χ1n) is 9.23. The van der Waals surface area contributed by atoms with Gasteiger partial charge in [0.05, 0.1) is 0 Å². The van der Waals surface area contributed by atoms with Crippen molar-refractivity contribution < 1.29 is 93.7 Å². The Hall–Kier alpha value is -2.51. The normalized spacial score (nSPS) is 40.4. The zero-order chi connectivity index (χ0) is 30.4. The zero-order valence-electron chi connectivity index (χ0n) is 17.5. The maximum absolute atomic E-state index is 14.9. The first kappa shape index (κ1) is 30.0. The lowest BCUT2D eigenvalue weighted by Crippen LogP contribution is -3.09. The topological polar surface area (TPSA) is 52.6 Å². The minimum atomic E-state index is -8.49. The van der Waals surface area contributed by atoms with Gasteiger partial charge in [-0.3, -0.25) is 0 Å². The van der Waals surface area contributed by atoms with Crippen LogP contribution < -0.4 is 0 Å². The molecule has 0 atom stereocenters. The molecular formula is C17H7F17O4. The van der Waals surface area contributed by atoms with E-state index in [4.69, 9.17) is 0 Å². The second-order valence-corrected chi connectivity index (χ2v) is 8.52. The number of hydrogen-bond acceptors (Lipinski definition) is 4. The molecule has 0 N–H and O–H groups in total. The molecule has 4 aliphatic rings. The summed E-state index contributed by atoms with van der Waals surface area (Å²) < 4.78 is 255. The number of carbonyl (C=O) groups excluding carboxylic acids is 2. The lowest BCUT2D eigenvalue weighted by molar-refractivity contribution is -0.638. The van der Waals surface area contributed by atoms with Crippen LogP contribution in [0.15, 0.2) is 12.2 Å². The van der Waals surface area contributed by atoms with Crippen LogP contribution in [0, 0.1) is 5.41 Å². The lowest BCUT2D eigenvalue weighted by atomic mass is 9.36. The maximum Gasteiger partial charge on any atom is 0.424 e. The Labute approximate surface area is 196 Å². The molecular weight excluding hydrogens is 591 g/mol. The Morgan fingerprint density at radius 2 is 0.921 bits per heavy atom. The summed E-state index contributed by atoms with van der Waals surface area (Å²) in [5.74, 6) is -55.2. The lowest BCUT2D eigenvalue weighted by Gasteiger charge is -2.75. The Kier molecular flexibility index (Phi) is 5.37. The summed E-state index contributed by atoms with van der Waals surface area (Å²) in [5.41, 5.74) is -33.9. The number of carbonyl (C=O) groups is 2. The molecule has 4 saturated carbocycles. The van der Waals surface area contributed by atoms with Crippen LogP contribution in [-0.2, 0) is 19.1 Å². The molecule has 218 valence electrons. The van der Waals surface area contributed by atoms with Crippen LogP contribution in [0.1, 0.15) is 6.92 Å². The number of hydrogen-bond donors (Lipinski definition) is 0. The zero-order valence-corrected chi connectivity index (χ0v) is 17.5. The number of halogens is 17. The summed E-state index contributed by atoms with van der Waals surface area (Å²) in [7, 11) is 0. The van der Waals surface area contributed by atoms with Gasteiger partial charge >= 0.3 is 70.6 Å². The van der Waals surface area contributed by atoms with E-state index in [1.54, 1.807) is 0 Å². The van der Waals surface area contributed by atoms with E-state index in [-0.39, 0.29) is 0 Å². The molecule has 4 fully saturated rings. The van der Waals surface area contributed by atoms with Crippen molar-refractivity contribution in [3.05, 3.63) is 12.2 Å². The van der Waals surface area contributed by atoms with Gasteiger partial charge in [0.15, 0.2) is 6.61 Å². The van der Waals surface area contributed by atoms with Crippen molar-refractivity contribution in [2.24, 2.45) is 5.41 Å². The molecule has 21 heteroatoms. The van der Waals surface area contributed by atoms with Gasteiger partial charge < -0.3 is 9.47 Å². The second-order valence-electron chi connectivity index (χ2n) is 8.52. The number of esters is 2. The summed E-state index contributed by atoms with van der Waals surface area (Å²) in [6, 6.07) is 0. The maximum atomic E-state index is 14.9. The molecule has 0 saturated heterocycles. The van der Waals surface area contributed by atoms with E-state index in [1.165, 1.54) is 0 Å². The van der Waals surface area contributed by atoms with E-state index in [0.29, 0.717) is 0 Å². The van der Waals surface area contributed by atoms with E-state index in [1.807, 2.05) is 0 Å². The van der Waals surface area contributed by atoms with Crippen molar-refractivity contribution in [3.8, 4) is 0 Å². The fourth-order valence-corrected chi connectivity index (χ4v) is 4.90. The smallest absolute Gasteiger partial charge is 0.424 e. The summed E-state index contributed by atoms with van der Waals surface area (Å²) in [5, 5.41) is 0. The van der Waals surface area contributed by atoms with Crippen molar-refractivity contribution in [2.75, 3.05) is 6.61 Å². The van der Waals surface area contributed by atoms with Gasteiger partial charge in [0.25, 0.3) is 5.41 Å². The fraction of sp³-hybridized carbons (Fsp3) is 0.765. The van der Waals surface area contributed by atoms with Gasteiger partial charge in [0.1, 0.15) is 0 Å². The molecule has 4 bridgehead atoms. The van der Waals surface area contributed by atoms with Gasteiger partial charge in [-0.05, 0) is 6.92 Å². The van der Waals surface area contributed by atoms with Gasteiger partial charge in [0.2, 0.25) is 0 Å². The van der Waals surface area contributed by atoms with Crippen LogP contribution in [0.25, 0.3) is 0 Å². The average Bonchev–Trinajstić information content (AvgIpc) is 2.71. The van der Waals surface area contributed by atoms with E-state index in [0.717, 1.165) is 6.92 Å².